The molecule has 3 aromatic heterocycles. The monoisotopic (exact) mass is 384 g/mol. The number of amides is 1. The van der Waals surface area contributed by atoms with Gasteiger partial charge in [0.1, 0.15) is 10.5 Å². The molecule has 0 spiro atoms. The van der Waals surface area contributed by atoms with Crippen LogP contribution in [0.25, 0.3) is 11.1 Å². The molecule has 0 aliphatic carbocycles. The highest BCUT2D eigenvalue weighted by Crippen LogP contribution is 2.27. The molecule has 3 aromatic rings. The number of rotatable bonds is 5. The maximum atomic E-state index is 11.9. The second-order valence-corrected chi connectivity index (χ2v) is 7.27. The van der Waals surface area contributed by atoms with Crippen LogP contribution in [-0.4, -0.2) is 44.3 Å². The van der Waals surface area contributed by atoms with Gasteiger partial charge in [-0.05, 0) is 43.4 Å². The second kappa shape index (κ2) is 7.36. The molecule has 1 aliphatic rings. The Morgan fingerprint density at radius 2 is 2.37 bits per heavy atom. The zero-order valence-corrected chi connectivity index (χ0v) is 15.8. The fourth-order valence-corrected chi connectivity index (χ4v) is 3.82. The van der Waals surface area contributed by atoms with Crippen molar-refractivity contribution in [3.8, 4) is 0 Å². The average molecular weight is 384 g/mol. The molecule has 1 fully saturated rings. The number of aromatic nitrogens is 3. The van der Waals surface area contributed by atoms with E-state index in [0.29, 0.717) is 29.4 Å². The summed E-state index contributed by atoms with van der Waals surface area (Å²) >= 11 is 1.36. The van der Waals surface area contributed by atoms with Crippen molar-refractivity contribution < 1.29 is 9.21 Å². The minimum atomic E-state index is -0.0461. The molecule has 0 bridgehead atoms. The number of nitrogens with zero attached hydrogens (tertiary/aromatic N) is 4. The van der Waals surface area contributed by atoms with E-state index in [4.69, 9.17) is 4.42 Å². The molecule has 0 radical (unpaired) electrons. The van der Waals surface area contributed by atoms with Gasteiger partial charge in [0.2, 0.25) is 11.9 Å². The highest BCUT2D eigenvalue weighted by atomic mass is 32.1. The van der Waals surface area contributed by atoms with Crippen LogP contribution < -0.4 is 10.6 Å². The van der Waals surface area contributed by atoms with Crippen molar-refractivity contribution in [1.82, 2.24) is 19.2 Å². The topological polar surface area (TPSA) is 96.2 Å². The smallest absolute Gasteiger partial charge is 0.246 e. The summed E-state index contributed by atoms with van der Waals surface area (Å²) in [4.78, 5) is 22.8. The molecule has 0 saturated carbocycles. The predicted molar refractivity (Wildman–Crippen MR) is 105 cm³/mol. The lowest BCUT2D eigenvalue weighted by atomic mass is 10.1. The first-order valence-electron chi connectivity index (χ1n) is 8.76. The van der Waals surface area contributed by atoms with Crippen molar-refractivity contribution in [3.05, 3.63) is 36.7 Å². The average Bonchev–Trinajstić information content (AvgIpc) is 3.30. The Hall–Kier alpha value is -2.94. The first-order valence-corrected chi connectivity index (χ1v) is 9.53. The summed E-state index contributed by atoms with van der Waals surface area (Å²) in [5.41, 5.74) is 2.26. The lowest BCUT2D eigenvalue weighted by Gasteiger charge is -2.32. The van der Waals surface area contributed by atoms with Crippen LogP contribution in [0.2, 0.25) is 0 Å². The first-order chi connectivity index (χ1) is 13.1. The molecule has 4 rings (SSSR count). The molecular weight excluding hydrogens is 364 g/mol. The highest BCUT2D eigenvalue weighted by molar-refractivity contribution is 7.10. The Balaban J connectivity index is 1.57. The Kier molecular flexibility index (Phi) is 4.76. The molecule has 8 nitrogen and oxygen atoms in total. The third-order valence-electron chi connectivity index (χ3n) is 4.42. The van der Waals surface area contributed by atoms with Crippen molar-refractivity contribution in [2.24, 2.45) is 0 Å². The van der Waals surface area contributed by atoms with E-state index in [1.54, 1.807) is 17.2 Å². The Morgan fingerprint density at radius 1 is 1.48 bits per heavy atom. The molecule has 27 heavy (non-hydrogen) atoms. The molecule has 9 heteroatoms. The van der Waals surface area contributed by atoms with Crippen molar-refractivity contribution in [2.75, 3.05) is 23.7 Å². The summed E-state index contributed by atoms with van der Waals surface area (Å²) in [7, 11) is 0. The maximum absolute atomic E-state index is 11.9. The zero-order chi connectivity index (χ0) is 18.8. The Bertz CT molecular complexity index is 981. The SMILES string of the molecule is C=CC(=O)N1CCC[C@@H](Nc2nc(Nc3cc(C)ns3)nc3ccoc23)C1. The fourth-order valence-electron chi connectivity index (χ4n) is 3.17. The number of hydrogen-bond donors (Lipinski definition) is 2. The third kappa shape index (κ3) is 3.77. The van der Waals surface area contributed by atoms with E-state index in [-0.39, 0.29) is 11.9 Å². The summed E-state index contributed by atoms with van der Waals surface area (Å²) in [6, 6.07) is 3.84. The molecule has 0 unspecified atom stereocenters. The van der Waals surface area contributed by atoms with Crippen LogP contribution in [0.1, 0.15) is 18.5 Å². The van der Waals surface area contributed by atoms with E-state index >= 15 is 0 Å². The van der Waals surface area contributed by atoms with E-state index in [2.05, 4.69) is 31.6 Å². The molecule has 2 N–H and O–H groups in total. The van der Waals surface area contributed by atoms with Gasteiger partial charge in [0.25, 0.3) is 0 Å². The van der Waals surface area contributed by atoms with E-state index in [0.717, 1.165) is 30.1 Å². The molecule has 140 valence electrons. The fraction of sp³-hybridized carbons (Fsp3) is 0.333. The number of furan rings is 1. The van der Waals surface area contributed by atoms with Crippen LogP contribution in [0.3, 0.4) is 0 Å². The molecule has 0 aromatic carbocycles. The zero-order valence-electron chi connectivity index (χ0n) is 14.9. The van der Waals surface area contributed by atoms with E-state index in [1.807, 2.05) is 13.0 Å². The van der Waals surface area contributed by atoms with Gasteiger partial charge in [0.15, 0.2) is 11.4 Å². The maximum Gasteiger partial charge on any atom is 0.246 e. The van der Waals surface area contributed by atoms with Crippen molar-refractivity contribution >= 4 is 45.3 Å². The predicted octanol–water partition coefficient (Wildman–Crippen LogP) is 3.32. The quantitative estimate of drug-likeness (QED) is 0.651. The van der Waals surface area contributed by atoms with Crippen molar-refractivity contribution in [1.29, 1.82) is 0 Å². The molecule has 4 heterocycles. The van der Waals surface area contributed by atoms with Crippen LogP contribution in [0.4, 0.5) is 16.8 Å². The number of anilines is 3. The van der Waals surface area contributed by atoms with Crippen LogP contribution >= 0.6 is 11.5 Å². The molecule has 1 atom stereocenters. The minimum Gasteiger partial charge on any atom is -0.459 e. The second-order valence-electron chi connectivity index (χ2n) is 6.46. The van der Waals surface area contributed by atoms with E-state index < -0.39 is 0 Å². The summed E-state index contributed by atoms with van der Waals surface area (Å²) in [5.74, 6) is 1.05. The van der Waals surface area contributed by atoms with Gasteiger partial charge < -0.3 is 20.0 Å². The largest absolute Gasteiger partial charge is 0.459 e. The number of aryl methyl sites for hydroxylation is 1. The van der Waals surface area contributed by atoms with Crippen LogP contribution in [0.15, 0.2) is 35.5 Å². The van der Waals surface area contributed by atoms with Gasteiger partial charge in [0, 0.05) is 25.2 Å². The van der Waals surface area contributed by atoms with Gasteiger partial charge in [-0.1, -0.05) is 6.58 Å². The number of nitrogens with one attached hydrogen (secondary N) is 2. The molecule has 1 saturated heterocycles. The standard InChI is InChI=1S/C18H20N6O2S/c1-3-15(25)24-7-4-5-12(10-24)19-17-16-13(6-8-26-16)20-18(22-17)21-14-9-11(2)23-27-14/h3,6,8-9,12H,1,4-5,7,10H2,2H3,(H2,19,20,21,22)/t12-/m1/s1. The van der Waals surface area contributed by atoms with Gasteiger partial charge in [-0.3, -0.25) is 4.79 Å². The first kappa shape index (κ1) is 17.5. The van der Waals surface area contributed by atoms with Crippen LogP contribution in [0.5, 0.6) is 0 Å². The normalized spacial score (nSPS) is 17.1. The number of carbonyl (C=O) groups is 1. The number of likely N-dealkylation sites (tertiary alicyclic amines) is 1. The van der Waals surface area contributed by atoms with Crippen LogP contribution in [0, 0.1) is 6.92 Å². The van der Waals surface area contributed by atoms with Gasteiger partial charge in [-0.25, -0.2) is 4.98 Å². The lowest BCUT2D eigenvalue weighted by molar-refractivity contribution is -0.127. The van der Waals surface area contributed by atoms with Gasteiger partial charge >= 0.3 is 0 Å². The lowest BCUT2D eigenvalue weighted by Crippen LogP contribution is -2.44. The van der Waals surface area contributed by atoms with Gasteiger partial charge in [0.05, 0.1) is 12.0 Å². The Morgan fingerprint density at radius 3 is 3.15 bits per heavy atom. The van der Waals surface area contributed by atoms with E-state index in [9.17, 15) is 4.79 Å². The highest BCUT2D eigenvalue weighted by Gasteiger charge is 2.24. The van der Waals surface area contributed by atoms with E-state index in [1.165, 1.54) is 17.6 Å². The van der Waals surface area contributed by atoms with Crippen molar-refractivity contribution in [3.63, 3.8) is 0 Å². The number of carbonyl (C=O) groups excluding carboxylic acids is 1. The van der Waals surface area contributed by atoms with Gasteiger partial charge in [-0.2, -0.15) is 9.36 Å². The summed E-state index contributed by atoms with van der Waals surface area (Å²) in [5, 5.41) is 7.50. The molecular formula is C18H20N6O2S. The Labute approximate surface area is 160 Å². The van der Waals surface area contributed by atoms with Gasteiger partial charge in [-0.15, -0.1) is 0 Å². The van der Waals surface area contributed by atoms with Crippen LogP contribution in [-0.2, 0) is 4.79 Å². The number of piperidine rings is 1. The number of hydrogen-bond acceptors (Lipinski definition) is 8. The summed E-state index contributed by atoms with van der Waals surface area (Å²) in [6.07, 6.45) is 4.83. The third-order valence-corrected chi connectivity index (χ3v) is 5.21. The molecule has 1 aliphatic heterocycles. The summed E-state index contributed by atoms with van der Waals surface area (Å²) in [6.45, 7) is 6.87. The van der Waals surface area contributed by atoms with Crippen molar-refractivity contribution in [2.45, 2.75) is 25.8 Å². The number of fused-ring (bicyclic) bond motifs is 1. The molecule has 1 amide bonds. The minimum absolute atomic E-state index is 0.0461. The summed E-state index contributed by atoms with van der Waals surface area (Å²) < 4.78 is 9.83.